The first kappa shape index (κ1) is 12.1. The van der Waals surface area contributed by atoms with Gasteiger partial charge >= 0.3 is 0 Å². The lowest BCUT2D eigenvalue weighted by molar-refractivity contribution is 0.413. The second-order valence-electron chi connectivity index (χ2n) is 5.02. The summed E-state index contributed by atoms with van der Waals surface area (Å²) in [5.41, 5.74) is 4.01. The highest BCUT2D eigenvalue weighted by Crippen LogP contribution is 2.34. The Labute approximate surface area is 114 Å². The minimum absolute atomic E-state index is 0.390. The number of ether oxygens (including phenoxy) is 1. The Hall–Kier alpha value is -1.96. The van der Waals surface area contributed by atoms with Crippen molar-refractivity contribution in [2.24, 2.45) is 0 Å². The molecule has 0 aliphatic heterocycles. The fraction of sp³-hybridized carbons (Fsp3) is 0.294. The number of methoxy groups -OCH3 is 1. The molecule has 2 aromatic rings. The number of para-hydroxylation sites is 1. The summed E-state index contributed by atoms with van der Waals surface area (Å²) in [7, 11) is 1.73. The predicted octanol–water partition coefficient (Wildman–Crippen LogP) is 4.18. The average molecular weight is 253 g/mol. The van der Waals surface area contributed by atoms with Crippen molar-refractivity contribution in [3.8, 4) is 5.75 Å². The normalized spacial score (nSPS) is 17.6. The van der Waals surface area contributed by atoms with Crippen LogP contribution in [0.1, 0.15) is 30.0 Å². The Balaban J connectivity index is 1.89. The fourth-order valence-electron chi connectivity index (χ4n) is 2.79. The van der Waals surface area contributed by atoms with Gasteiger partial charge in [0.25, 0.3) is 0 Å². The highest BCUT2D eigenvalue weighted by molar-refractivity contribution is 5.48. The molecule has 3 rings (SSSR count). The Kier molecular flexibility index (Phi) is 3.41. The molecule has 19 heavy (non-hydrogen) atoms. The zero-order valence-electron chi connectivity index (χ0n) is 11.2. The minimum Gasteiger partial charge on any atom is -0.497 e. The second-order valence-corrected chi connectivity index (χ2v) is 5.02. The van der Waals surface area contributed by atoms with E-state index in [2.05, 4.69) is 47.8 Å². The molecule has 1 atom stereocenters. The van der Waals surface area contributed by atoms with Gasteiger partial charge in [-0.15, -0.1) is 0 Å². The van der Waals surface area contributed by atoms with E-state index in [9.17, 15) is 0 Å². The lowest BCUT2D eigenvalue weighted by Crippen LogP contribution is -2.17. The number of benzene rings is 2. The average Bonchev–Trinajstić information content (AvgIpc) is 2.48. The van der Waals surface area contributed by atoms with Crippen molar-refractivity contribution < 1.29 is 4.74 Å². The second kappa shape index (κ2) is 5.35. The van der Waals surface area contributed by atoms with E-state index in [0.717, 1.165) is 5.75 Å². The van der Waals surface area contributed by atoms with Crippen LogP contribution < -0.4 is 10.1 Å². The van der Waals surface area contributed by atoms with Gasteiger partial charge in [0.05, 0.1) is 13.2 Å². The van der Waals surface area contributed by atoms with E-state index in [1.165, 1.54) is 36.1 Å². The number of hydrogen-bond acceptors (Lipinski definition) is 2. The summed E-state index contributed by atoms with van der Waals surface area (Å²) in [5, 5.41) is 3.63. The summed E-state index contributed by atoms with van der Waals surface area (Å²) in [5.74, 6) is 0.945. The molecule has 0 saturated heterocycles. The van der Waals surface area contributed by atoms with Crippen molar-refractivity contribution in [3.63, 3.8) is 0 Å². The predicted molar refractivity (Wildman–Crippen MR) is 78.7 cm³/mol. The number of hydrogen-bond donors (Lipinski definition) is 1. The van der Waals surface area contributed by atoms with Crippen molar-refractivity contribution in [2.45, 2.75) is 25.3 Å². The molecule has 2 heteroatoms. The topological polar surface area (TPSA) is 21.3 Å². The zero-order chi connectivity index (χ0) is 13.1. The van der Waals surface area contributed by atoms with Crippen molar-refractivity contribution in [1.82, 2.24) is 0 Å². The minimum atomic E-state index is 0.390. The van der Waals surface area contributed by atoms with E-state index in [-0.39, 0.29) is 0 Å². The highest BCUT2D eigenvalue weighted by atomic mass is 16.5. The maximum absolute atomic E-state index is 5.35. The van der Waals surface area contributed by atoms with Crippen LogP contribution in [0.25, 0.3) is 0 Å². The van der Waals surface area contributed by atoms with Crippen LogP contribution in [-0.2, 0) is 6.42 Å². The van der Waals surface area contributed by atoms with E-state index in [1.807, 2.05) is 6.07 Å². The first-order valence-corrected chi connectivity index (χ1v) is 6.85. The van der Waals surface area contributed by atoms with Gasteiger partial charge in [0.2, 0.25) is 0 Å². The first-order valence-electron chi connectivity index (χ1n) is 6.85. The lowest BCUT2D eigenvalue weighted by Gasteiger charge is -2.27. The maximum atomic E-state index is 5.35. The van der Waals surface area contributed by atoms with Crippen LogP contribution >= 0.6 is 0 Å². The molecule has 0 saturated carbocycles. The number of rotatable bonds is 3. The largest absolute Gasteiger partial charge is 0.497 e. The standard InChI is InChI=1S/C17H19NO/c1-19-15-11-10-13-6-5-9-17(16(13)12-15)18-14-7-3-2-4-8-14/h2-4,7-8,10-12,17-18H,5-6,9H2,1H3. The first-order chi connectivity index (χ1) is 9.36. The van der Waals surface area contributed by atoms with Crippen LogP contribution in [0.3, 0.4) is 0 Å². The van der Waals surface area contributed by atoms with Gasteiger partial charge in [0, 0.05) is 5.69 Å². The van der Waals surface area contributed by atoms with Gasteiger partial charge in [-0.25, -0.2) is 0 Å². The van der Waals surface area contributed by atoms with Crippen molar-refractivity contribution in [2.75, 3.05) is 12.4 Å². The zero-order valence-corrected chi connectivity index (χ0v) is 11.2. The molecule has 0 amide bonds. The van der Waals surface area contributed by atoms with E-state index in [4.69, 9.17) is 4.74 Å². The quantitative estimate of drug-likeness (QED) is 0.885. The molecule has 1 aliphatic rings. The maximum Gasteiger partial charge on any atom is 0.119 e. The Morgan fingerprint density at radius 3 is 2.74 bits per heavy atom. The molecular formula is C17H19NO. The molecule has 1 aliphatic carbocycles. The van der Waals surface area contributed by atoms with Gasteiger partial charge < -0.3 is 10.1 Å². The van der Waals surface area contributed by atoms with E-state index in [0.29, 0.717) is 6.04 Å². The molecule has 0 radical (unpaired) electrons. The monoisotopic (exact) mass is 253 g/mol. The third-order valence-corrected chi connectivity index (χ3v) is 3.78. The third-order valence-electron chi connectivity index (χ3n) is 3.78. The highest BCUT2D eigenvalue weighted by Gasteiger charge is 2.20. The van der Waals surface area contributed by atoms with Gasteiger partial charge in [-0.1, -0.05) is 24.3 Å². The summed E-state index contributed by atoms with van der Waals surface area (Å²) in [6.07, 6.45) is 3.59. The summed E-state index contributed by atoms with van der Waals surface area (Å²) in [6, 6.07) is 17.2. The van der Waals surface area contributed by atoms with Crippen LogP contribution in [0.15, 0.2) is 48.5 Å². The molecule has 0 spiro atoms. The van der Waals surface area contributed by atoms with Gasteiger partial charge in [0.1, 0.15) is 5.75 Å². The molecule has 2 aromatic carbocycles. The van der Waals surface area contributed by atoms with Gasteiger partial charge in [0.15, 0.2) is 0 Å². The van der Waals surface area contributed by atoms with Gasteiger partial charge in [-0.3, -0.25) is 0 Å². The Bertz CT molecular complexity index is 550. The molecule has 2 nitrogen and oxygen atoms in total. The van der Waals surface area contributed by atoms with E-state index in [1.54, 1.807) is 7.11 Å². The summed E-state index contributed by atoms with van der Waals surface area (Å²) in [6.45, 7) is 0. The summed E-state index contributed by atoms with van der Waals surface area (Å²) >= 11 is 0. The van der Waals surface area contributed by atoms with Crippen molar-refractivity contribution >= 4 is 5.69 Å². The number of anilines is 1. The summed E-state index contributed by atoms with van der Waals surface area (Å²) in [4.78, 5) is 0. The fourth-order valence-corrected chi connectivity index (χ4v) is 2.79. The molecule has 0 fully saturated rings. The molecule has 0 aromatic heterocycles. The van der Waals surface area contributed by atoms with Gasteiger partial charge in [-0.05, 0) is 54.7 Å². The van der Waals surface area contributed by atoms with Crippen LogP contribution in [0.5, 0.6) is 5.75 Å². The van der Waals surface area contributed by atoms with Crippen LogP contribution in [-0.4, -0.2) is 7.11 Å². The molecule has 0 bridgehead atoms. The van der Waals surface area contributed by atoms with Crippen LogP contribution in [0, 0.1) is 0 Å². The Morgan fingerprint density at radius 1 is 1.11 bits per heavy atom. The molecule has 1 N–H and O–H groups in total. The molecule has 0 heterocycles. The van der Waals surface area contributed by atoms with E-state index < -0.39 is 0 Å². The Morgan fingerprint density at radius 2 is 1.95 bits per heavy atom. The number of nitrogens with one attached hydrogen (secondary N) is 1. The third kappa shape index (κ3) is 2.58. The number of fused-ring (bicyclic) bond motifs is 1. The van der Waals surface area contributed by atoms with Gasteiger partial charge in [-0.2, -0.15) is 0 Å². The van der Waals surface area contributed by atoms with E-state index >= 15 is 0 Å². The molecular weight excluding hydrogens is 234 g/mol. The lowest BCUT2D eigenvalue weighted by atomic mass is 9.87. The van der Waals surface area contributed by atoms with Crippen molar-refractivity contribution in [1.29, 1.82) is 0 Å². The SMILES string of the molecule is COc1ccc2c(c1)C(Nc1ccccc1)CCC2. The van der Waals surface area contributed by atoms with Crippen molar-refractivity contribution in [3.05, 3.63) is 59.7 Å². The van der Waals surface area contributed by atoms with Crippen LogP contribution in [0.2, 0.25) is 0 Å². The summed E-state index contributed by atoms with van der Waals surface area (Å²) < 4.78 is 5.35. The number of aryl methyl sites for hydroxylation is 1. The molecule has 98 valence electrons. The van der Waals surface area contributed by atoms with Crippen LogP contribution in [0.4, 0.5) is 5.69 Å². The smallest absolute Gasteiger partial charge is 0.119 e. The molecule has 1 unspecified atom stereocenters.